The van der Waals surface area contributed by atoms with Crippen molar-refractivity contribution in [3.63, 3.8) is 0 Å². The number of nitrogens with zero attached hydrogens (tertiary/aromatic N) is 5. The Morgan fingerprint density at radius 3 is 3.12 bits per heavy atom. The summed E-state index contributed by atoms with van der Waals surface area (Å²) >= 11 is 0.456. The molecule has 1 aliphatic rings. The largest absolute Gasteiger partial charge is 0.579 e. The minimum atomic E-state index is -1.12. The van der Waals surface area contributed by atoms with Crippen molar-refractivity contribution >= 4 is 33.8 Å². The summed E-state index contributed by atoms with van der Waals surface area (Å²) in [5.74, 6) is 1.31. The first kappa shape index (κ1) is 21.2. The maximum Gasteiger partial charge on any atom is 0.223 e. The smallest absolute Gasteiger partial charge is 0.223 e. The third-order valence-corrected chi connectivity index (χ3v) is 7.23. The Hall–Kier alpha value is -2.70. The van der Waals surface area contributed by atoms with Crippen LogP contribution >= 0.6 is 11.3 Å². The van der Waals surface area contributed by atoms with Crippen LogP contribution in [-0.4, -0.2) is 61.5 Å². The van der Waals surface area contributed by atoms with E-state index in [0.29, 0.717) is 19.0 Å². The fourth-order valence-corrected chi connectivity index (χ4v) is 5.42. The van der Waals surface area contributed by atoms with Crippen molar-refractivity contribution in [2.24, 2.45) is 0 Å². The molecular weight excluding hydrogens is 446 g/mol. The quantitative estimate of drug-likeness (QED) is 0.399. The van der Waals surface area contributed by atoms with Crippen LogP contribution in [0.25, 0.3) is 27.6 Å². The first-order valence-electron chi connectivity index (χ1n) is 10.3. The summed E-state index contributed by atoms with van der Waals surface area (Å²) in [5.41, 5.74) is 3.48. The van der Waals surface area contributed by atoms with Gasteiger partial charge in [0.25, 0.3) is 0 Å². The normalized spacial score (nSPS) is 17.0. The molecule has 0 radical (unpaired) electrons. The second-order valence-electron chi connectivity index (χ2n) is 7.21. The van der Waals surface area contributed by atoms with Crippen molar-refractivity contribution in [3.8, 4) is 28.4 Å². The van der Waals surface area contributed by atoms with E-state index < -0.39 is 11.5 Å². The average Bonchev–Trinajstić information content (AvgIpc) is 3.42. The van der Waals surface area contributed by atoms with Crippen LogP contribution in [0.15, 0.2) is 48.1 Å². The van der Waals surface area contributed by atoms with Crippen LogP contribution in [0.5, 0.6) is 5.75 Å². The van der Waals surface area contributed by atoms with E-state index in [9.17, 15) is 4.55 Å². The maximum atomic E-state index is 12.0. The van der Waals surface area contributed by atoms with Gasteiger partial charge in [-0.05, 0) is 24.6 Å². The summed E-state index contributed by atoms with van der Waals surface area (Å²) in [6.45, 7) is 2.85. The second kappa shape index (κ2) is 9.43. The van der Waals surface area contributed by atoms with Gasteiger partial charge >= 0.3 is 0 Å². The van der Waals surface area contributed by atoms with Gasteiger partial charge in [-0.1, -0.05) is 12.1 Å². The summed E-state index contributed by atoms with van der Waals surface area (Å²) < 4.78 is 24.3. The summed E-state index contributed by atoms with van der Waals surface area (Å²) in [6, 6.07) is 9.76. The number of hydrogen-bond acceptors (Lipinski definition) is 9. The SMILES string of the molecule is COc1cccc(-c2nc3sccn3c2-c2ccnc(NCCN3CCCN[S+]3[O-])n2)c1. The minimum absolute atomic E-state index is 0.528. The van der Waals surface area contributed by atoms with Crippen molar-refractivity contribution in [1.29, 1.82) is 0 Å². The van der Waals surface area contributed by atoms with E-state index in [-0.39, 0.29) is 0 Å². The highest BCUT2D eigenvalue weighted by molar-refractivity contribution is 7.87. The first-order chi connectivity index (χ1) is 15.7. The summed E-state index contributed by atoms with van der Waals surface area (Å²) in [7, 11) is 1.66. The van der Waals surface area contributed by atoms with E-state index in [1.807, 2.05) is 50.6 Å². The van der Waals surface area contributed by atoms with Gasteiger partial charge in [0.15, 0.2) is 4.96 Å². The molecule has 3 aromatic heterocycles. The monoisotopic (exact) mass is 469 g/mol. The second-order valence-corrected chi connectivity index (χ2v) is 9.39. The molecular formula is C21H23N7O2S2. The number of ether oxygens (including phenoxy) is 1. The van der Waals surface area contributed by atoms with Gasteiger partial charge in [-0.2, -0.15) is 0 Å². The highest BCUT2D eigenvalue weighted by Crippen LogP contribution is 2.34. The van der Waals surface area contributed by atoms with Crippen molar-refractivity contribution in [2.45, 2.75) is 6.42 Å². The van der Waals surface area contributed by atoms with Gasteiger partial charge in [0.2, 0.25) is 5.95 Å². The van der Waals surface area contributed by atoms with Gasteiger partial charge in [0, 0.05) is 43.0 Å². The zero-order valence-corrected chi connectivity index (χ0v) is 19.2. The number of fused-ring (bicyclic) bond motifs is 1. The standard InChI is InChI=1S/C21H23N7O2S2/c1-30-16-5-2-4-15(14-16)18-19(28-12-13-31-21(28)26-18)17-6-8-22-20(25-17)23-9-11-27-10-3-7-24-32(27)29/h2,4-6,8,12-14,24H,3,7,9-11H2,1H3,(H,22,23,25). The van der Waals surface area contributed by atoms with Gasteiger partial charge in [-0.15, -0.1) is 20.4 Å². The molecule has 4 heterocycles. The summed E-state index contributed by atoms with van der Waals surface area (Å²) in [6.07, 6.45) is 4.73. The number of nitrogens with one attached hydrogen (secondary N) is 2. The molecule has 2 N–H and O–H groups in total. The van der Waals surface area contributed by atoms with Gasteiger partial charge in [0.1, 0.15) is 23.0 Å². The third-order valence-electron chi connectivity index (χ3n) is 5.19. The van der Waals surface area contributed by atoms with Gasteiger partial charge < -0.3 is 14.6 Å². The molecule has 1 saturated heterocycles. The molecule has 0 bridgehead atoms. The molecule has 1 unspecified atom stereocenters. The topological polar surface area (TPSA) is 103 Å². The van der Waals surface area contributed by atoms with E-state index in [4.69, 9.17) is 14.7 Å². The minimum Gasteiger partial charge on any atom is -0.579 e. The molecule has 1 atom stereocenters. The molecule has 1 aromatic carbocycles. The maximum absolute atomic E-state index is 12.0. The molecule has 4 aromatic rings. The Balaban J connectivity index is 1.42. The van der Waals surface area contributed by atoms with E-state index in [1.54, 1.807) is 24.6 Å². The molecule has 0 saturated carbocycles. The number of aromatic nitrogens is 4. The average molecular weight is 470 g/mol. The van der Waals surface area contributed by atoms with Gasteiger partial charge in [-0.3, -0.25) is 4.40 Å². The number of imidazole rings is 1. The summed E-state index contributed by atoms with van der Waals surface area (Å²) in [5, 5.41) is 5.27. The molecule has 1 fully saturated rings. The number of hydrogen-bond donors (Lipinski definition) is 2. The Morgan fingerprint density at radius 2 is 2.25 bits per heavy atom. The van der Waals surface area contributed by atoms with Crippen molar-refractivity contribution < 1.29 is 9.29 Å². The molecule has 166 valence electrons. The van der Waals surface area contributed by atoms with E-state index in [0.717, 1.165) is 52.9 Å². The molecule has 0 amide bonds. The fourth-order valence-electron chi connectivity index (χ4n) is 3.65. The van der Waals surface area contributed by atoms with Crippen molar-refractivity contribution in [2.75, 3.05) is 38.6 Å². The van der Waals surface area contributed by atoms with Crippen LogP contribution in [-0.2, 0) is 11.5 Å². The van der Waals surface area contributed by atoms with Gasteiger partial charge in [0.05, 0.1) is 25.0 Å². The summed E-state index contributed by atoms with van der Waals surface area (Å²) in [4.78, 5) is 14.9. The number of thiazole rings is 1. The number of rotatable bonds is 7. The van der Waals surface area contributed by atoms with Gasteiger partial charge in [-0.25, -0.2) is 15.0 Å². The highest BCUT2D eigenvalue weighted by Gasteiger charge is 2.23. The third kappa shape index (κ3) is 4.30. The highest BCUT2D eigenvalue weighted by atomic mass is 32.2. The fraction of sp³-hybridized carbons (Fsp3) is 0.286. The van der Waals surface area contributed by atoms with Crippen LogP contribution in [0.1, 0.15) is 6.42 Å². The van der Waals surface area contributed by atoms with E-state index in [1.165, 1.54) is 0 Å². The predicted molar refractivity (Wildman–Crippen MR) is 127 cm³/mol. The molecule has 32 heavy (non-hydrogen) atoms. The molecule has 11 heteroatoms. The van der Waals surface area contributed by atoms with Crippen molar-refractivity contribution in [3.05, 3.63) is 48.1 Å². The lowest BCUT2D eigenvalue weighted by atomic mass is 10.1. The Kier molecular flexibility index (Phi) is 6.23. The predicted octanol–water partition coefficient (Wildman–Crippen LogP) is 2.81. The van der Waals surface area contributed by atoms with Crippen LogP contribution in [0.4, 0.5) is 5.95 Å². The first-order valence-corrected chi connectivity index (χ1v) is 12.3. The lowest BCUT2D eigenvalue weighted by Crippen LogP contribution is -2.48. The molecule has 1 aliphatic heterocycles. The molecule has 0 spiro atoms. The van der Waals surface area contributed by atoms with Crippen LogP contribution in [0, 0.1) is 0 Å². The Morgan fingerprint density at radius 1 is 1.31 bits per heavy atom. The van der Waals surface area contributed by atoms with Crippen LogP contribution in [0.2, 0.25) is 0 Å². The number of methoxy groups -OCH3 is 1. The number of benzene rings is 1. The van der Waals surface area contributed by atoms with E-state index in [2.05, 4.69) is 15.0 Å². The Bertz CT molecular complexity index is 1210. The molecule has 5 rings (SSSR count). The lowest BCUT2D eigenvalue weighted by Gasteiger charge is -2.27. The van der Waals surface area contributed by atoms with E-state index >= 15 is 0 Å². The van der Waals surface area contributed by atoms with Crippen LogP contribution in [0.3, 0.4) is 0 Å². The van der Waals surface area contributed by atoms with Crippen molar-refractivity contribution in [1.82, 2.24) is 28.4 Å². The Labute approximate surface area is 192 Å². The molecule has 9 nitrogen and oxygen atoms in total. The van der Waals surface area contributed by atoms with Crippen LogP contribution < -0.4 is 14.8 Å². The lowest BCUT2D eigenvalue weighted by molar-refractivity contribution is 0.383. The number of anilines is 1. The zero-order chi connectivity index (χ0) is 21.9. The molecule has 0 aliphatic carbocycles. The zero-order valence-electron chi connectivity index (χ0n) is 17.5.